The van der Waals surface area contributed by atoms with Gasteiger partial charge >= 0.3 is 0 Å². The molecule has 206 valence electrons. The van der Waals surface area contributed by atoms with Crippen LogP contribution in [0.4, 0.5) is 0 Å². The lowest BCUT2D eigenvalue weighted by molar-refractivity contribution is 0.0624. The number of hydrogen-bond donors (Lipinski definition) is 1. The Morgan fingerprint density at radius 1 is 0.625 bits per heavy atom. The van der Waals surface area contributed by atoms with Crippen molar-refractivity contribution in [2.45, 2.75) is 12.5 Å². The molecule has 5 nitrogen and oxygen atoms in total. The van der Waals surface area contributed by atoms with Gasteiger partial charge in [0, 0.05) is 35.3 Å². The van der Waals surface area contributed by atoms with Crippen molar-refractivity contribution in [3.8, 4) is 17.2 Å². The fourth-order valence-electron chi connectivity index (χ4n) is 4.81. The summed E-state index contributed by atoms with van der Waals surface area (Å²) in [4.78, 5) is 0. The number of ether oxygens (including phenoxy) is 4. The first-order valence-corrected chi connectivity index (χ1v) is 13.1. The largest absolute Gasteiger partial charge is 0.508 e. The smallest absolute Gasteiger partial charge is 0.162 e. The Morgan fingerprint density at radius 3 is 1.55 bits per heavy atom. The average molecular weight is 537 g/mol. The average Bonchev–Trinajstić information content (AvgIpc) is 3.00. The van der Waals surface area contributed by atoms with Crippen molar-refractivity contribution in [2.75, 3.05) is 28.4 Å². The zero-order valence-corrected chi connectivity index (χ0v) is 23.6. The highest BCUT2D eigenvalue weighted by Crippen LogP contribution is 2.41. The van der Waals surface area contributed by atoms with Gasteiger partial charge in [0.15, 0.2) is 5.60 Å². The molecule has 3 aromatic rings. The predicted molar refractivity (Wildman–Crippen MR) is 163 cm³/mol. The lowest BCUT2D eigenvalue weighted by Crippen LogP contribution is -2.35. The molecule has 0 aromatic heterocycles. The van der Waals surface area contributed by atoms with Crippen molar-refractivity contribution in [3.05, 3.63) is 131 Å². The van der Waals surface area contributed by atoms with Crippen LogP contribution in [-0.4, -0.2) is 39.1 Å². The van der Waals surface area contributed by atoms with Crippen LogP contribution in [0.3, 0.4) is 0 Å². The fraction of sp³-hybridized carbons (Fsp3) is 0.200. The summed E-state index contributed by atoms with van der Waals surface area (Å²) >= 11 is 0. The first kappa shape index (κ1) is 28.5. The number of rotatable bonds is 10. The van der Waals surface area contributed by atoms with Gasteiger partial charge in [-0.3, -0.25) is 0 Å². The zero-order chi connectivity index (χ0) is 28.5. The quantitative estimate of drug-likeness (QED) is 0.285. The molecule has 1 aliphatic carbocycles. The van der Waals surface area contributed by atoms with E-state index in [0.29, 0.717) is 0 Å². The van der Waals surface area contributed by atoms with Gasteiger partial charge < -0.3 is 24.1 Å². The molecule has 4 rings (SSSR count). The molecule has 0 radical (unpaired) electrons. The number of methoxy groups -OCH3 is 4. The van der Waals surface area contributed by atoms with E-state index < -0.39 is 5.60 Å². The van der Waals surface area contributed by atoms with Gasteiger partial charge in [-0.15, -0.1) is 0 Å². The topological polar surface area (TPSA) is 57.2 Å². The van der Waals surface area contributed by atoms with Crippen molar-refractivity contribution < 1.29 is 24.1 Å². The van der Waals surface area contributed by atoms with Crippen molar-refractivity contribution >= 4 is 18.2 Å². The van der Waals surface area contributed by atoms with E-state index in [-0.39, 0.29) is 11.7 Å². The van der Waals surface area contributed by atoms with E-state index >= 15 is 0 Å². The Morgan fingerprint density at radius 2 is 1.07 bits per heavy atom. The minimum Gasteiger partial charge on any atom is -0.508 e. The Labute approximate surface area is 237 Å². The molecule has 0 amide bonds. The molecule has 0 aliphatic heterocycles. The summed E-state index contributed by atoms with van der Waals surface area (Å²) < 4.78 is 22.7. The highest BCUT2D eigenvalue weighted by Gasteiger charge is 2.38. The van der Waals surface area contributed by atoms with Crippen molar-refractivity contribution in [2.24, 2.45) is 5.92 Å². The summed E-state index contributed by atoms with van der Waals surface area (Å²) in [6.45, 7) is 2.07. The van der Waals surface area contributed by atoms with Crippen LogP contribution >= 0.6 is 0 Å². The number of aliphatic hydroxyl groups excluding tert-OH is 1. The third kappa shape index (κ3) is 6.05. The maximum absolute atomic E-state index is 11.7. The molecule has 2 unspecified atom stereocenters. The fourth-order valence-corrected chi connectivity index (χ4v) is 4.81. The minimum atomic E-state index is -1.20. The van der Waals surface area contributed by atoms with Gasteiger partial charge in [-0.2, -0.15) is 0 Å². The standard InChI is InChI=1S/C35H36O5/c1-25-29(19-18-26-12-6-9-15-31(26)37-2)24-35(40-5,23-22-28-14-8-11-17-33(28)39-4)34(36)30(25)21-20-27-13-7-10-16-32(27)38-3/h6-25,36H,1-5H3/b19-18+,21-20+,23-22+. The summed E-state index contributed by atoms with van der Waals surface area (Å²) in [6, 6.07) is 23.3. The first-order valence-electron chi connectivity index (χ1n) is 13.1. The van der Waals surface area contributed by atoms with Crippen molar-refractivity contribution in [3.63, 3.8) is 0 Å². The molecule has 0 fully saturated rings. The van der Waals surface area contributed by atoms with Gasteiger partial charge in [0.2, 0.25) is 0 Å². The van der Waals surface area contributed by atoms with Gasteiger partial charge in [0.1, 0.15) is 23.0 Å². The maximum Gasteiger partial charge on any atom is 0.162 e. The Hall–Kier alpha value is -4.48. The van der Waals surface area contributed by atoms with E-state index in [4.69, 9.17) is 18.9 Å². The SMILES string of the molecule is COc1ccccc1/C=C/C1=CC(/C=C/c2ccccc2OC)(OC)C(O)=C(/C=C/c2ccccc2OC)C1C. The Kier molecular flexibility index (Phi) is 9.31. The molecule has 0 bridgehead atoms. The minimum absolute atomic E-state index is 0.120. The highest BCUT2D eigenvalue weighted by atomic mass is 16.5. The lowest BCUT2D eigenvalue weighted by atomic mass is 9.78. The van der Waals surface area contributed by atoms with Gasteiger partial charge in [0.05, 0.1) is 21.3 Å². The van der Waals surface area contributed by atoms with Crippen LogP contribution in [0.15, 0.2) is 114 Å². The van der Waals surface area contributed by atoms with E-state index in [1.54, 1.807) is 28.4 Å². The second-order valence-electron chi connectivity index (χ2n) is 9.39. The Balaban J connectivity index is 1.83. The zero-order valence-electron chi connectivity index (χ0n) is 23.6. The molecule has 5 heteroatoms. The van der Waals surface area contributed by atoms with Gasteiger partial charge in [-0.05, 0) is 35.9 Å². The molecule has 2 atom stereocenters. The number of para-hydroxylation sites is 3. The molecule has 0 saturated carbocycles. The predicted octanol–water partition coefficient (Wildman–Crippen LogP) is 7.93. The molecular formula is C35H36O5. The molecule has 1 N–H and O–H groups in total. The highest BCUT2D eigenvalue weighted by molar-refractivity contribution is 5.66. The van der Waals surface area contributed by atoms with E-state index in [9.17, 15) is 5.11 Å². The number of allylic oxidation sites excluding steroid dienone is 4. The Bertz CT molecular complexity index is 1480. The van der Waals surface area contributed by atoms with E-state index in [1.165, 1.54) is 0 Å². The van der Waals surface area contributed by atoms with Crippen molar-refractivity contribution in [1.29, 1.82) is 0 Å². The molecule has 0 spiro atoms. The van der Waals surface area contributed by atoms with E-state index in [1.807, 2.05) is 109 Å². The van der Waals surface area contributed by atoms with Crippen LogP contribution in [-0.2, 0) is 4.74 Å². The third-order valence-corrected chi connectivity index (χ3v) is 7.15. The maximum atomic E-state index is 11.7. The van der Waals surface area contributed by atoms with Crippen LogP contribution in [0.25, 0.3) is 18.2 Å². The van der Waals surface area contributed by atoms with Crippen LogP contribution in [0.2, 0.25) is 0 Å². The molecular weight excluding hydrogens is 500 g/mol. The second kappa shape index (κ2) is 13.0. The monoisotopic (exact) mass is 536 g/mol. The summed E-state index contributed by atoms with van der Waals surface area (Å²) in [5, 5.41) is 11.7. The number of hydrogen-bond acceptors (Lipinski definition) is 5. The molecule has 0 heterocycles. The normalized spacial score (nSPS) is 19.4. The molecule has 40 heavy (non-hydrogen) atoms. The molecule has 3 aromatic carbocycles. The van der Waals surface area contributed by atoms with Gasteiger partial charge in [0.25, 0.3) is 0 Å². The molecule has 0 saturated heterocycles. The summed E-state index contributed by atoms with van der Waals surface area (Å²) in [5.41, 5.74) is 3.25. The number of benzene rings is 3. The lowest BCUT2D eigenvalue weighted by Gasteiger charge is -2.34. The van der Waals surface area contributed by atoms with Crippen LogP contribution in [0.5, 0.6) is 17.2 Å². The summed E-state index contributed by atoms with van der Waals surface area (Å²) in [5.74, 6) is 2.26. The summed E-state index contributed by atoms with van der Waals surface area (Å²) in [7, 11) is 6.54. The third-order valence-electron chi connectivity index (χ3n) is 7.15. The number of aliphatic hydroxyl groups is 1. The first-order chi connectivity index (χ1) is 19.5. The van der Waals surface area contributed by atoms with Crippen LogP contribution < -0.4 is 14.2 Å². The van der Waals surface area contributed by atoms with Crippen LogP contribution in [0, 0.1) is 5.92 Å². The molecule has 1 aliphatic rings. The van der Waals surface area contributed by atoms with Gasteiger partial charge in [-0.25, -0.2) is 0 Å². The van der Waals surface area contributed by atoms with E-state index in [2.05, 4.69) is 13.0 Å². The van der Waals surface area contributed by atoms with Gasteiger partial charge in [-0.1, -0.05) is 91.9 Å². The van der Waals surface area contributed by atoms with Crippen molar-refractivity contribution in [1.82, 2.24) is 0 Å². The van der Waals surface area contributed by atoms with E-state index in [0.717, 1.165) is 45.1 Å². The van der Waals surface area contributed by atoms with Crippen LogP contribution in [0.1, 0.15) is 23.6 Å². The summed E-state index contributed by atoms with van der Waals surface area (Å²) in [6.07, 6.45) is 13.7. The second-order valence-corrected chi connectivity index (χ2v) is 9.39.